The Morgan fingerprint density at radius 1 is 0.609 bits per heavy atom. The molecule has 0 aliphatic heterocycles. The Kier molecular flexibility index (Phi) is 5.43. The van der Waals surface area contributed by atoms with Gasteiger partial charge in [0.1, 0.15) is 0 Å². The van der Waals surface area contributed by atoms with Crippen molar-refractivity contribution >= 4 is 11.4 Å². The minimum Gasteiger partial charge on any atom is -0.269 e. The van der Waals surface area contributed by atoms with Crippen LogP contribution in [-0.4, -0.2) is 6.61 Å². The van der Waals surface area contributed by atoms with Gasteiger partial charge in [-0.05, 0) is 42.7 Å². The fourth-order valence-corrected chi connectivity index (χ4v) is 2.50. The van der Waals surface area contributed by atoms with Gasteiger partial charge >= 0.3 is 0 Å². The molecule has 0 heterocycles. The summed E-state index contributed by atoms with van der Waals surface area (Å²) in [5.74, 6) is 0. The van der Waals surface area contributed by atoms with Crippen molar-refractivity contribution in [2.75, 3.05) is 11.7 Å². The molecule has 3 aromatic rings. The highest BCUT2D eigenvalue weighted by molar-refractivity contribution is 5.59. The fraction of sp³-hybridized carbons (Fsp3) is 0.143. The highest BCUT2D eigenvalue weighted by Gasteiger charge is 2.09. The van der Waals surface area contributed by atoms with E-state index in [0.717, 1.165) is 24.2 Å². The molecule has 23 heavy (non-hydrogen) atoms. The van der Waals surface area contributed by atoms with Gasteiger partial charge in [-0.15, -0.1) is 0 Å². The average Bonchev–Trinajstić information content (AvgIpc) is 2.64. The van der Waals surface area contributed by atoms with E-state index in [4.69, 9.17) is 4.84 Å². The predicted molar refractivity (Wildman–Crippen MR) is 95.7 cm³/mol. The summed E-state index contributed by atoms with van der Waals surface area (Å²) in [6.07, 6.45) is 2.01. The van der Waals surface area contributed by atoms with E-state index in [1.165, 1.54) is 5.56 Å². The van der Waals surface area contributed by atoms with Crippen LogP contribution in [0.4, 0.5) is 11.4 Å². The normalized spacial score (nSPS) is 10.4. The zero-order valence-corrected chi connectivity index (χ0v) is 13.1. The molecule has 0 bridgehead atoms. The lowest BCUT2D eigenvalue weighted by Crippen LogP contribution is -2.18. The van der Waals surface area contributed by atoms with Crippen molar-refractivity contribution in [3.05, 3.63) is 96.6 Å². The van der Waals surface area contributed by atoms with Crippen molar-refractivity contribution in [2.24, 2.45) is 0 Å². The van der Waals surface area contributed by atoms with Crippen LogP contribution in [0.3, 0.4) is 0 Å². The molecule has 0 aliphatic rings. The van der Waals surface area contributed by atoms with Gasteiger partial charge < -0.3 is 0 Å². The molecule has 0 saturated heterocycles. The minimum absolute atomic E-state index is 0.679. The Labute approximate surface area is 137 Å². The van der Waals surface area contributed by atoms with Crippen LogP contribution in [0, 0.1) is 0 Å². The highest BCUT2D eigenvalue weighted by atomic mass is 16.7. The summed E-state index contributed by atoms with van der Waals surface area (Å²) in [6, 6.07) is 30.9. The van der Waals surface area contributed by atoms with Crippen molar-refractivity contribution in [1.82, 2.24) is 0 Å². The van der Waals surface area contributed by atoms with Gasteiger partial charge in [0.15, 0.2) is 0 Å². The molecule has 2 heteroatoms. The fourth-order valence-electron chi connectivity index (χ4n) is 2.50. The van der Waals surface area contributed by atoms with Crippen LogP contribution in [0.25, 0.3) is 0 Å². The maximum absolute atomic E-state index is 6.07. The third kappa shape index (κ3) is 4.44. The Bertz CT molecular complexity index is 643. The van der Waals surface area contributed by atoms with Crippen molar-refractivity contribution < 1.29 is 4.84 Å². The van der Waals surface area contributed by atoms with Gasteiger partial charge in [-0.1, -0.05) is 66.7 Å². The van der Waals surface area contributed by atoms with Crippen LogP contribution < -0.4 is 5.06 Å². The van der Waals surface area contributed by atoms with Gasteiger partial charge in [-0.3, -0.25) is 4.84 Å². The van der Waals surface area contributed by atoms with Crippen molar-refractivity contribution in [3.8, 4) is 0 Å². The van der Waals surface area contributed by atoms with Crippen LogP contribution in [0.1, 0.15) is 12.0 Å². The highest BCUT2D eigenvalue weighted by Crippen LogP contribution is 2.25. The van der Waals surface area contributed by atoms with Gasteiger partial charge in [0, 0.05) is 0 Å². The monoisotopic (exact) mass is 303 g/mol. The van der Waals surface area contributed by atoms with Gasteiger partial charge in [-0.25, -0.2) is 5.06 Å². The SMILES string of the molecule is c1ccc(CCCON(c2ccccc2)c2ccccc2)cc1. The first-order valence-corrected chi connectivity index (χ1v) is 8.00. The van der Waals surface area contributed by atoms with E-state index in [2.05, 4.69) is 48.5 Å². The first-order chi connectivity index (χ1) is 11.4. The minimum atomic E-state index is 0.679. The molecule has 0 atom stereocenters. The second-order valence-corrected chi connectivity index (χ2v) is 5.39. The summed E-state index contributed by atoms with van der Waals surface area (Å²) in [5, 5.41) is 1.91. The Hall–Kier alpha value is -2.58. The quantitative estimate of drug-likeness (QED) is 0.428. The first kappa shape index (κ1) is 15.3. The third-order valence-corrected chi connectivity index (χ3v) is 3.65. The topological polar surface area (TPSA) is 12.5 Å². The molecule has 3 rings (SSSR count). The summed E-state index contributed by atoms with van der Waals surface area (Å²) >= 11 is 0. The zero-order chi connectivity index (χ0) is 15.7. The molecule has 0 aliphatic carbocycles. The molecule has 0 radical (unpaired) electrons. The summed E-state index contributed by atoms with van der Waals surface area (Å²) in [4.78, 5) is 6.07. The molecule has 116 valence electrons. The van der Waals surface area contributed by atoms with Gasteiger partial charge in [-0.2, -0.15) is 0 Å². The van der Waals surface area contributed by atoms with Crippen LogP contribution >= 0.6 is 0 Å². The summed E-state index contributed by atoms with van der Waals surface area (Å²) < 4.78 is 0. The molecule has 3 aromatic carbocycles. The number of hydrogen-bond donors (Lipinski definition) is 0. The van der Waals surface area contributed by atoms with Gasteiger partial charge in [0.2, 0.25) is 0 Å². The molecular formula is C21H21NO. The molecule has 0 spiro atoms. The van der Waals surface area contributed by atoms with Gasteiger partial charge in [0.25, 0.3) is 0 Å². The maximum atomic E-state index is 6.07. The molecule has 0 N–H and O–H groups in total. The number of para-hydroxylation sites is 2. The third-order valence-electron chi connectivity index (χ3n) is 3.65. The first-order valence-electron chi connectivity index (χ1n) is 8.00. The second-order valence-electron chi connectivity index (χ2n) is 5.39. The molecule has 0 saturated carbocycles. The van der Waals surface area contributed by atoms with Crippen LogP contribution in [0.15, 0.2) is 91.0 Å². The molecule has 0 fully saturated rings. The number of benzene rings is 3. The zero-order valence-electron chi connectivity index (χ0n) is 13.1. The average molecular weight is 303 g/mol. The van der Waals surface area contributed by atoms with E-state index in [1.807, 2.05) is 47.5 Å². The number of aryl methyl sites for hydroxylation is 1. The second kappa shape index (κ2) is 8.16. The van der Waals surface area contributed by atoms with Gasteiger partial charge in [0.05, 0.1) is 18.0 Å². The molecule has 0 unspecified atom stereocenters. The molecule has 2 nitrogen and oxygen atoms in total. The Morgan fingerprint density at radius 3 is 1.61 bits per heavy atom. The number of hydrogen-bond acceptors (Lipinski definition) is 2. The van der Waals surface area contributed by atoms with Crippen LogP contribution in [0.5, 0.6) is 0 Å². The van der Waals surface area contributed by atoms with E-state index >= 15 is 0 Å². The van der Waals surface area contributed by atoms with Crippen molar-refractivity contribution in [1.29, 1.82) is 0 Å². The van der Waals surface area contributed by atoms with E-state index in [-0.39, 0.29) is 0 Å². The van der Waals surface area contributed by atoms with Crippen molar-refractivity contribution in [3.63, 3.8) is 0 Å². The van der Waals surface area contributed by atoms with E-state index in [1.54, 1.807) is 0 Å². The van der Waals surface area contributed by atoms with E-state index in [0.29, 0.717) is 6.61 Å². The lowest BCUT2D eigenvalue weighted by molar-refractivity contribution is 0.133. The summed E-state index contributed by atoms with van der Waals surface area (Å²) in [5.41, 5.74) is 3.43. The standard InChI is InChI=1S/C21H21NO/c1-4-11-19(12-5-1)13-10-18-23-22(20-14-6-2-7-15-20)21-16-8-3-9-17-21/h1-9,11-12,14-17H,10,13,18H2. The number of rotatable bonds is 7. The molecular weight excluding hydrogens is 282 g/mol. The Balaban J connectivity index is 1.63. The van der Waals surface area contributed by atoms with E-state index < -0.39 is 0 Å². The predicted octanol–water partition coefficient (Wildman–Crippen LogP) is 5.39. The smallest absolute Gasteiger partial charge is 0.0756 e. The lowest BCUT2D eigenvalue weighted by atomic mass is 10.1. The molecule has 0 amide bonds. The number of anilines is 2. The van der Waals surface area contributed by atoms with E-state index in [9.17, 15) is 0 Å². The number of nitrogens with zero attached hydrogens (tertiary/aromatic N) is 1. The largest absolute Gasteiger partial charge is 0.269 e. The van der Waals surface area contributed by atoms with Crippen LogP contribution in [-0.2, 0) is 11.3 Å². The molecule has 0 aromatic heterocycles. The Morgan fingerprint density at radius 2 is 1.09 bits per heavy atom. The lowest BCUT2D eigenvalue weighted by Gasteiger charge is -2.24. The van der Waals surface area contributed by atoms with Crippen molar-refractivity contribution in [2.45, 2.75) is 12.8 Å². The summed E-state index contributed by atoms with van der Waals surface area (Å²) in [7, 11) is 0. The summed E-state index contributed by atoms with van der Waals surface area (Å²) in [6.45, 7) is 0.679. The maximum Gasteiger partial charge on any atom is 0.0756 e. The van der Waals surface area contributed by atoms with Crippen LogP contribution in [0.2, 0.25) is 0 Å².